The van der Waals surface area contributed by atoms with Gasteiger partial charge in [-0.15, -0.1) is 0 Å². The molecule has 1 aliphatic carbocycles. The largest absolute Gasteiger partial charge is 0.383 e. The fourth-order valence-corrected chi connectivity index (χ4v) is 2.12. The lowest BCUT2D eigenvalue weighted by atomic mass is 9.77. The standard InChI is InChI=1S/C12H26N2O/c1-4-11(2)14(8-9-15-3)10-12(13)6-5-7-12/h11H,4-10,13H2,1-3H3. The van der Waals surface area contributed by atoms with Gasteiger partial charge in [0.1, 0.15) is 0 Å². The lowest BCUT2D eigenvalue weighted by molar-refractivity contribution is 0.0796. The van der Waals surface area contributed by atoms with Crippen LogP contribution in [0.25, 0.3) is 0 Å². The van der Waals surface area contributed by atoms with Gasteiger partial charge in [0, 0.05) is 31.8 Å². The summed E-state index contributed by atoms with van der Waals surface area (Å²) in [4.78, 5) is 2.47. The van der Waals surface area contributed by atoms with Crippen molar-refractivity contribution in [2.45, 2.75) is 51.1 Å². The quantitative estimate of drug-likeness (QED) is 0.700. The Bertz CT molecular complexity index is 180. The van der Waals surface area contributed by atoms with Gasteiger partial charge < -0.3 is 10.5 Å². The van der Waals surface area contributed by atoms with Crippen LogP contribution in [-0.2, 0) is 4.74 Å². The van der Waals surface area contributed by atoms with Gasteiger partial charge in [-0.3, -0.25) is 4.90 Å². The van der Waals surface area contributed by atoms with Gasteiger partial charge in [0.2, 0.25) is 0 Å². The molecule has 2 N–H and O–H groups in total. The average molecular weight is 214 g/mol. The molecule has 0 bridgehead atoms. The second-order valence-corrected chi connectivity index (χ2v) is 4.94. The van der Waals surface area contributed by atoms with Crippen LogP contribution in [0.3, 0.4) is 0 Å². The number of nitrogens with zero attached hydrogens (tertiary/aromatic N) is 1. The highest BCUT2D eigenvalue weighted by atomic mass is 16.5. The van der Waals surface area contributed by atoms with E-state index in [9.17, 15) is 0 Å². The predicted molar refractivity (Wildman–Crippen MR) is 64.0 cm³/mol. The van der Waals surface area contributed by atoms with E-state index in [1.807, 2.05) is 0 Å². The van der Waals surface area contributed by atoms with Gasteiger partial charge in [0.25, 0.3) is 0 Å². The topological polar surface area (TPSA) is 38.5 Å². The number of rotatable bonds is 7. The number of methoxy groups -OCH3 is 1. The third-order valence-electron chi connectivity index (χ3n) is 3.66. The van der Waals surface area contributed by atoms with Gasteiger partial charge in [-0.25, -0.2) is 0 Å². The lowest BCUT2D eigenvalue weighted by Gasteiger charge is -2.43. The Morgan fingerprint density at radius 3 is 2.53 bits per heavy atom. The molecule has 0 radical (unpaired) electrons. The summed E-state index contributed by atoms with van der Waals surface area (Å²) >= 11 is 0. The van der Waals surface area contributed by atoms with Crippen molar-refractivity contribution in [2.24, 2.45) is 5.73 Å². The first-order chi connectivity index (χ1) is 7.11. The first kappa shape index (κ1) is 12.9. The maximum atomic E-state index is 6.29. The van der Waals surface area contributed by atoms with Crippen LogP contribution in [0.2, 0.25) is 0 Å². The molecule has 0 saturated heterocycles. The van der Waals surface area contributed by atoms with Crippen LogP contribution >= 0.6 is 0 Å². The first-order valence-corrected chi connectivity index (χ1v) is 6.13. The van der Waals surface area contributed by atoms with E-state index in [4.69, 9.17) is 10.5 Å². The monoisotopic (exact) mass is 214 g/mol. The lowest BCUT2D eigenvalue weighted by Crippen LogP contribution is -2.57. The second kappa shape index (κ2) is 5.83. The summed E-state index contributed by atoms with van der Waals surface area (Å²) in [6.45, 7) is 7.35. The van der Waals surface area contributed by atoms with E-state index in [1.165, 1.54) is 25.7 Å². The fourth-order valence-electron chi connectivity index (χ4n) is 2.12. The summed E-state index contributed by atoms with van der Waals surface area (Å²) in [5.41, 5.74) is 6.38. The van der Waals surface area contributed by atoms with Crippen molar-refractivity contribution < 1.29 is 4.74 Å². The molecule has 0 aliphatic heterocycles. The van der Waals surface area contributed by atoms with Gasteiger partial charge >= 0.3 is 0 Å². The highest BCUT2D eigenvalue weighted by Gasteiger charge is 2.34. The Morgan fingerprint density at radius 1 is 1.47 bits per heavy atom. The van der Waals surface area contributed by atoms with Gasteiger partial charge in [0.15, 0.2) is 0 Å². The summed E-state index contributed by atoms with van der Waals surface area (Å²) in [6.07, 6.45) is 4.86. The van der Waals surface area contributed by atoms with Crippen molar-refractivity contribution in [3.05, 3.63) is 0 Å². The maximum absolute atomic E-state index is 6.29. The SMILES string of the molecule is CCC(C)N(CCOC)CC1(N)CCC1. The maximum Gasteiger partial charge on any atom is 0.0589 e. The van der Waals surface area contributed by atoms with Crippen LogP contribution in [0.4, 0.5) is 0 Å². The highest BCUT2D eigenvalue weighted by Crippen LogP contribution is 2.30. The van der Waals surface area contributed by atoms with Gasteiger partial charge in [-0.05, 0) is 32.6 Å². The molecule has 1 rings (SSSR count). The second-order valence-electron chi connectivity index (χ2n) is 4.94. The van der Waals surface area contributed by atoms with Crippen LogP contribution in [0, 0.1) is 0 Å². The van der Waals surface area contributed by atoms with Crippen LogP contribution in [0.15, 0.2) is 0 Å². The molecule has 1 unspecified atom stereocenters. The molecule has 15 heavy (non-hydrogen) atoms. The van der Waals surface area contributed by atoms with Crippen LogP contribution in [0.5, 0.6) is 0 Å². The van der Waals surface area contributed by atoms with Crippen molar-refractivity contribution in [3.63, 3.8) is 0 Å². The van der Waals surface area contributed by atoms with E-state index in [0.29, 0.717) is 6.04 Å². The number of ether oxygens (including phenoxy) is 1. The third kappa shape index (κ3) is 3.74. The highest BCUT2D eigenvalue weighted by molar-refractivity contribution is 4.95. The summed E-state index contributed by atoms with van der Waals surface area (Å²) < 4.78 is 5.15. The van der Waals surface area contributed by atoms with Crippen molar-refractivity contribution in [2.75, 3.05) is 26.8 Å². The van der Waals surface area contributed by atoms with Crippen LogP contribution < -0.4 is 5.73 Å². The third-order valence-corrected chi connectivity index (χ3v) is 3.66. The molecule has 90 valence electrons. The van der Waals surface area contributed by atoms with E-state index in [-0.39, 0.29) is 5.54 Å². The molecule has 0 amide bonds. The van der Waals surface area contributed by atoms with Crippen molar-refractivity contribution in [1.29, 1.82) is 0 Å². The summed E-state index contributed by atoms with van der Waals surface area (Å²) in [7, 11) is 1.76. The Hall–Kier alpha value is -0.120. The predicted octanol–water partition coefficient (Wildman–Crippen LogP) is 1.61. The molecule has 3 heteroatoms. The van der Waals surface area contributed by atoms with E-state index in [1.54, 1.807) is 7.11 Å². The number of hydrogen-bond acceptors (Lipinski definition) is 3. The molecule has 0 spiro atoms. The number of nitrogens with two attached hydrogens (primary N) is 1. The first-order valence-electron chi connectivity index (χ1n) is 6.13. The minimum Gasteiger partial charge on any atom is -0.383 e. The van der Waals surface area contributed by atoms with E-state index in [2.05, 4.69) is 18.7 Å². The zero-order valence-electron chi connectivity index (χ0n) is 10.5. The molecule has 3 nitrogen and oxygen atoms in total. The molecule has 0 aromatic heterocycles. The smallest absolute Gasteiger partial charge is 0.0589 e. The zero-order chi connectivity index (χ0) is 11.3. The van der Waals surface area contributed by atoms with Gasteiger partial charge in [-0.2, -0.15) is 0 Å². The number of hydrogen-bond donors (Lipinski definition) is 1. The minimum absolute atomic E-state index is 0.0944. The minimum atomic E-state index is 0.0944. The average Bonchev–Trinajstić information content (AvgIpc) is 2.20. The van der Waals surface area contributed by atoms with Crippen LogP contribution in [0.1, 0.15) is 39.5 Å². The van der Waals surface area contributed by atoms with Crippen LogP contribution in [-0.4, -0.2) is 43.3 Å². The normalized spacial score (nSPS) is 21.4. The Labute approximate surface area is 94.0 Å². The summed E-state index contributed by atoms with van der Waals surface area (Å²) in [6, 6.07) is 0.612. The van der Waals surface area contributed by atoms with E-state index in [0.717, 1.165) is 19.7 Å². The summed E-state index contributed by atoms with van der Waals surface area (Å²) in [5.74, 6) is 0. The molecular formula is C12H26N2O. The Kier molecular flexibility index (Phi) is 5.03. The molecule has 1 aliphatic rings. The molecule has 1 atom stereocenters. The molecule has 1 saturated carbocycles. The Balaban J connectivity index is 2.40. The van der Waals surface area contributed by atoms with E-state index < -0.39 is 0 Å². The van der Waals surface area contributed by atoms with Crippen molar-refractivity contribution >= 4 is 0 Å². The van der Waals surface area contributed by atoms with Crippen molar-refractivity contribution in [3.8, 4) is 0 Å². The molecule has 0 aromatic carbocycles. The van der Waals surface area contributed by atoms with E-state index >= 15 is 0 Å². The zero-order valence-corrected chi connectivity index (χ0v) is 10.5. The Morgan fingerprint density at radius 2 is 2.13 bits per heavy atom. The van der Waals surface area contributed by atoms with Gasteiger partial charge in [0.05, 0.1) is 6.61 Å². The molecular weight excluding hydrogens is 188 g/mol. The molecule has 0 heterocycles. The fraction of sp³-hybridized carbons (Fsp3) is 1.00. The van der Waals surface area contributed by atoms with Crippen molar-refractivity contribution in [1.82, 2.24) is 4.90 Å². The molecule has 1 fully saturated rings. The molecule has 0 aromatic rings. The summed E-state index contributed by atoms with van der Waals surface area (Å²) in [5, 5.41) is 0. The van der Waals surface area contributed by atoms with Gasteiger partial charge in [-0.1, -0.05) is 6.92 Å².